The molecule has 0 bridgehead atoms. The van der Waals surface area contributed by atoms with Crippen LogP contribution in [0.1, 0.15) is 11.1 Å². The van der Waals surface area contributed by atoms with E-state index in [1.54, 1.807) is 31.2 Å². The molecule has 122 valence electrons. The van der Waals surface area contributed by atoms with Crippen molar-refractivity contribution in [1.82, 2.24) is 0 Å². The van der Waals surface area contributed by atoms with Crippen molar-refractivity contribution in [3.05, 3.63) is 57.0 Å². The second-order valence-electron chi connectivity index (χ2n) is 5.15. The summed E-state index contributed by atoms with van der Waals surface area (Å²) in [5, 5.41) is 3.07. The van der Waals surface area contributed by atoms with Gasteiger partial charge < -0.3 is 5.32 Å². The van der Waals surface area contributed by atoms with E-state index in [-0.39, 0.29) is 4.90 Å². The lowest BCUT2D eigenvalue weighted by atomic mass is 10.2. The summed E-state index contributed by atoms with van der Waals surface area (Å²) < 4.78 is 25.2. The lowest BCUT2D eigenvalue weighted by Gasteiger charge is -2.11. The van der Waals surface area contributed by atoms with Crippen molar-refractivity contribution in [3.63, 3.8) is 0 Å². The van der Waals surface area contributed by atoms with Crippen molar-refractivity contribution in [2.45, 2.75) is 18.7 Å². The van der Waals surface area contributed by atoms with Gasteiger partial charge in [-0.3, -0.25) is 4.79 Å². The van der Waals surface area contributed by atoms with Gasteiger partial charge in [-0.2, -0.15) is 0 Å². The number of nitrogens with one attached hydrogen (secondary N) is 1. The average molecular weight is 417 g/mol. The normalized spacial score (nSPS) is 11.3. The minimum Gasteiger partial charge on any atom is -0.325 e. The highest BCUT2D eigenvalue weighted by Gasteiger charge is 2.20. The molecule has 0 saturated carbocycles. The molecular formula is C16H15BrClNO3S. The highest BCUT2D eigenvalue weighted by Crippen LogP contribution is 2.31. The van der Waals surface area contributed by atoms with Gasteiger partial charge in [-0.15, -0.1) is 0 Å². The van der Waals surface area contributed by atoms with Crippen molar-refractivity contribution in [3.8, 4) is 0 Å². The van der Waals surface area contributed by atoms with Crippen LogP contribution in [0, 0.1) is 13.8 Å². The Balaban J connectivity index is 2.16. The molecule has 0 aliphatic heterocycles. The van der Waals surface area contributed by atoms with Gasteiger partial charge in [0.1, 0.15) is 5.75 Å². The topological polar surface area (TPSA) is 63.2 Å². The molecule has 0 aliphatic carbocycles. The third-order valence-electron chi connectivity index (χ3n) is 3.31. The molecule has 23 heavy (non-hydrogen) atoms. The molecule has 1 N–H and O–H groups in total. The summed E-state index contributed by atoms with van der Waals surface area (Å²) in [5.74, 6) is -1.23. The number of carbonyl (C=O) groups is 1. The Morgan fingerprint density at radius 1 is 1.13 bits per heavy atom. The largest absolute Gasteiger partial charge is 0.325 e. The Labute approximate surface area is 148 Å². The van der Waals surface area contributed by atoms with E-state index in [0.717, 1.165) is 5.56 Å². The SMILES string of the molecule is Cc1ccc(S(=O)(=O)CC(=O)Nc2ccc(Br)c(Cl)c2C)cc1. The van der Waals surface area contributed by atoms with E-state index < -0.39 is 21.5 Å². The van der Waals surface area contributed by atoms with E-state index in [1.807, 2.05) is 6.92 Å². The maximum Gasteiger partial charge on any atom is 0.239 e. The maximum absolute atomic E-state index is 12.3. The van der Waals surface area contributed by atoms with Gasteiger partial charge in [0.2, 0.25) is 5.91 Å². The van der Waals surface area contributed by atoms with Crippen LogP contribution in [0.2, 0.25) is 5.02 Å². The minimum absolute atomic E-state index is 0.129. The van der Waals surface area contributed by atoms with E-state index in [1.165, 1.54) is 12.1 Å². The number of rotatable bonds is 4. The molecule has 2 rings (SSSR count). The van der Waals surface area contributed by atoms with Crippen LogP contribution in [0.15, 0.2) is 45.8 Å². The second kappa shape index (κ2) is 7.03. The van der Waals surface area contributed by atoms with Gasteiger partial charge in [-0.05, 0) is 59.6 Å². The quantitative estimate of drug-likeness (QED) is 0.815. The fourth-order valence-electron chi connectivity index (χ4n) is 1.98. The number of anilines is 1. The van der Waals surface area contributed by atoms with Crippen LogP contribution < -0.4 is 5.32 Å². The highest BCUT2D eigenvalue weighted by molar-refractivity contribution is 9.10. The molecule has 0 heterocycles. The Hall–Kier alpha value is -1.37. The Morgan fingerprint density at radius 2 is 1.74 bits per heavy atom. The fourth-order valence-corrected chi connectivity index (χ4v) is 3.70. The lowest BCUT2D eigenvalue weighted by molar-refractivity contribution is -0.113. The van der Waals surface area contributed by atoms with E-state index in [0.29, 0.717) is 20.7 Å². The molecule has 0 aromatic heterocycles. The zero-order valence-electron chi connectivity index (χ0n) is 12.6. The average Bonchev–Trinajstić information content (AvgIpc) is 2.48. The van der Waals surface area contributed by atoms with Crippen molar-refractivity contribution >= 4 is 49.0 Å². The maximum atomic E-state index is 12.3. The van der Waals surface area contributed by atoms with Crippen LogP contribution in [-0.2, 0) is 14.6 Å². The third kappa shape index (κ3) is 4.34. The van der Waals surface area contributed by atoms with Gasteiger partial charge in [-0.25, -0.2) is 8.42 Å². The van der Waals surface area contributed by atoms with Crippen molar-refractivity contribution < 1.29 is 13.2 Å². The number of sulfone groups is 1. The Morgan fingerprint density at radius 3 is 2.35 bits per heavy atom. The monoisotopic (exact) mass is 415 g/mol. The smallest absolute Gasteiger partial charge is 0.239 e. The van der Waals surface area contributed by atoms with Crippen LogP contribution in [0.5, 0.6) is 0 Å². The van der Waals surface area contributed by atoms with Gasteiger partial charge in [0.25, 0.3) is 0 Å². The molecule has 0 spiro atoms. The van der Waals surface area contributed by atoms with Gasteiger partial charge in [-0.1, -0.05) is 29.3 Å². The molecule has 0 aliphatic rings. The minimum atomic E-state index is -3.68. The van der Waals surface area contributed by atoms with Crippen LogP contribution >= 0.6 is 27.5 Å². The van der Waals surface area contributed by atoms with Gasteiger partial charge in [0, 0.05) is 10.2 Å². The zero-order valence-corrected chi connectivity index (χ0v) is 15.7. The molecule has 0 radical (unpaired) electrons. The fraction of sp³-hybridized carbons (Fsp3) is 0.188. The van der Waals surface area contributed by atoms with Gasteiger partial charge in [0.15, 0.2) is 9.84 Å². The molecule has 0 saturated heterocycles. The molecular weight excluding hydrogens is 402 g/mol. The number of hydrogen-bond acceptors (Lipinski definition) is 3. The first-order valence-electron chi connectivity index (χ1n) is 6.74. The highest BCUT2D eigenvalue weighted by atomic mass is 79.9. The molecule has 2 aromatic carbocycles. The number of halogens is 2. The summed E-state index contributed by atoms with van der Waals surface area (Å²) in [4.78, 5) is 12.2. The van der Waals surface area contributed by atoms with E-state index in [9.17, 15) is 13.2 Å². The number of amides is 1. The first-order chi connectivity index (χ1) is 10.7. The predicted octanol–water partition coefficient (Wildman–Crippen LogP) is 4.13. The standard InChI is InChI=1S/C16H15BrClNO3S/c1-10-3-5-12(6-4-10)23(21,22)9-15(20)19-14-8-7-13(17)16(18)11(14)2/h3-8H,9H2,1-2H3,(H,19,20). The second-order valence-corrected chi connectivity index (χ2v) is 8.38. The Kier molecular flexibility index (Phi) is 5.49. The first-order valence-corrected chi connectivity index (χ1v) is 9.57. The lowest BCUT2D eigenvalue weighted by Crippen LogP contribution is -2.23. The third-order valence-corrected chi connectivity index (χ3v) is 6.32. The molecule has 0 fully saturated rings. The predicted molar refractivity (Wildman–Crippen MR) is 95.8 cm³/mol. The molecule has 1 amide bonds. The number of hydrogen-bond donors (Lipinski definition) is 1. The van der Waals surface area contributed by atoms with Crippen LogP contribution in [0.4, 0.5) is 5.69 Å². The van der Waals surface area contributed by atoms with Crippen LogP contribution in [0.25, 0.3) is 0 Å². The molecule has 7 heteroatoms. The van der Waals surface area contributed by atoms with Gasteiger partial charge in [0.05, 0.1) is 9.92 Å². The van der Waals surface area contributed by atoms with E-state index >= 15 is 0 Å². The molecule has 4 nitrogen and oxygen atoms in total. The van der Waals surface area contributed by atoms with E-state index in [4.69, 9.17) is 11.6 Å². The van der Waals surface area contributed by atoms with Crippen LogP contribution in [-0.4, -0.2) is 20.1 Å². The molecule has 2 aromatic rings. The number of aryl methyl sites for hydroxylation is 1. The summed E-state index contributed by atoms with van der Waals surface area (Å²) in [6.45, 7) is 3.61. The van der Waals surface area contributed by atoms with Gasteiger partial charge >= 0.3 is 0 Å². The first kappa shape index (κ1) is 18.0. The summed E-state index contributed by atoms with van der Waals surface area (Å²) >= 11 is 9.38. The Bertz CT molecular complexity index is 848. The van der Waals surface area contributed by atoms with Crippen molar-refractivity contribution in [2.75, 3.05) is 11.1 Å². The molecule has 0 unspecified atom stereocenters. The summed E-state index contributed by atoms with van der Waals surface area (Å²) in [6.07, 6.45) is 0. The number of carbonyl (C=O) groups excluding carboxylic acids is 1. The van der Waals surface area contributed by atoms with E-state index in [2.05, 4.69) is 21.2 Å². The van der Waals surface area contributed by atoms with Crippen molar-refractivity contribution in [1.29, 1.82) is 0 Å². The van der Waals surface area contributed by atoms with Crippen LogP contribution in [0.3, 0.4) is 0 Å². The summed E-state index contributed by atoms with van der Waals surface area (Å²) in [6, 6.07) is 9.76. The molecule has 0 atom stereocenters. The summed E-state index contributed by atoms with van der Waals surface area (Å²) in [7, 11) is -3.68. The summed E-state index contributed by atoms with van der Waals surface area (Å²) in [5.41, 5.74) is 2.11. The number of benzene rings is 2. The van der Waals surface area contributed by atoms with Crippen molar-refractivity contribution in [2.24, 2.45) is 0 Å². The zero-order chi connectivity index (χ0) is 17.2.